The number of methoxy groups -OCH3 is 2. The van der Waals surface area contributed by atoms with Crippen LogP contribution in [0.1, 0.15) is 33.4 Å². The molecule has 0 heterocycles. The van der Waals surface area contributed by atoms with Crippen molar-refractivity contribution in [3.63, 3.8) is 0 Å². The minimum Gasteiger partial charge on any atom is -0.493 e. The molecule has 0 radical (unpaired) electrons. The average Bonchev–Trinajstić information content (AvgIpc) is 2.93. The number of ether oxygens (including phenoxy) is 2. The van der Waals surface area contributed by atoms with Crippen molar-refractivity contribution >= 4 is 18.1 Å². The fraction of sp³-hybridized carbons (Fsp3) is 0.250. The number of benzene rings is 4. The zero-order valence-electron chi connectivity index (χ0n) is 24.2. The number of rotatable bonds is 11. The Balaban J connectivity index is 1.69. The highest BCUT2D eigenvalue weighted by Crippen LogP contribution is 2.49. The van der Waals surface area contributed by atoms with Crippen molar-refractivity contribution in [2.24, 2.45) is 0 Å². The third kappa shape index (κ3) is 6.99. The van der Waals surface area contributed by atoms with Crippen LogP contribution < -0.4 is 27.6 Å². The van der Waals surface area contributed by atoms with Crippen LogP contribution in [0.15, 0.2) is 60.7 Å². The normalized spacial score (nSPS) is 11.3. The summed E-state index contributed by atoms with van der Waals surface area (Å²) in [6, 6.07) is 20.2. The van der Waals surface area contributed by atoms with Gasteiger partial charge in [0.25, 0.3) is 18.1 Å². The molecular formula is C32H36O6P2. The van der Waals surface area contributed by atoms with E-state index in [9.17, 15) is 0 Å². The van der Waals surface area contributed by atoms with E-state index in [1.54, 1.807) is 14.2 Å². The standard InChI is InChI=1S/C32H36O6P2/c1-19-9-11-23(5)27(15-19)35-39-37-31-25(13-21(3)17-29(31)33-7)26-14-22(4)18-30(34-8)32(26)38-40-36-28-16-20(2)10-12-24(28)6/h9-18,39-40H,1-8H3. The van der Waals surface area contributed by atoms with Crippen LogP contribution in [-0.2, 0) is 0 Å². The van der Waals surface area contributed by atoms with Crippen molar-refractivity contribution in [3.05, 3.63) is 94.0 Å². The molecule has 0 amide bonds. The molecule has 4 rings (SSSR count). The van der Waals surface area contributed by atoms with Crippen molar-refractivity contribution in [2.75, 3.05) is 14.2 Å². The van der Waals surface area contributed by atoms with Gasteiger partial charge in [0.1, 0.15) is 11.5 Å². The van der Waals surface area contributed by atoms with Crippen LogP contribution in [0.4, 0.5) is 0 Å². The zero-order valence-corrected chi connectivity index (χ0v) is 26.2. The lowest BCUT2D eigenvalue weighted by molar-refractivity contribution is 0.391. The second-order valence-corrected chi connectivity index (χ2v) is 11.0. The van der Waals surface area contributed by atoms with Crippen molar-refractivity contribution in [1.29, 1.82) is 0 Å². The summed E-state index contributed by atoms with van der Waals surface area (Å²) in [5.74, 6) is 3.91. The van der Waals surface area contributed by atoms with Gasteiger partial charge in [-0.2, -0.15) is 0 Å². The number of hydrogen-bond donors (Lipinski definition) is 0. The highest BCUT2D eigenvalue weighted by molar-refractivity contribution is 7.27. The van der Waals surface area contributed by atoms with Crippen LogP contribution in [0.3, 0.4) is 0 Å². The first kappa shape index (κ1) is 29.5. The molecule has 0 bridgehead atoms. The Labute approximate surface area is 240 Å². The molecule has 0 N–H and O–H groups in total. The number of aryl methyl sites for hydroxylation is 6. The predicted octanol–water partition coefficient (Wildman–Crippen LogP) is 9.15. The lowest BCUT2D eigenvalue weighted by Gasteiger charge is -2.20. The minimum absolute atomic E-state index is 0.287. The molecule has 6 nitrogen and oxygen atoms in total. The van der Waals surface area contributed by atoms with E-state index in [0.29, 0.717) is 23.0 Å². The molecule has 0 saturated heterocycles. The lowest BCUT2D eigenvalue weighted by atomic mass is 9.98. The van der Waals surface area contributed by atoms with Crippen LogP contribution in [0.25, 0.3) is 11.1 Å². The van der Waals surface area contributed by atoms with Gasteiger partial charge in [-0.3, -0.25) is 0 Å². The van der Waals surface area contributed by atoms with E-state index >= 15 is 0 Å². The summed E-state index contributed by atoms with van der Waals surface area (Å²) in [7, 11) is 2.69. The summed E-state index contributed by atoms with van der Waals surface area (Å²) >= 11 is 0. The topological polar surface area (TPSA) is 55.4 Å². The maximum absolute atomic E-state index is 6.29. The fourth-order valence-corrected chi connectivity index (χ4v) is 5.53. The smallest absolute Gasteiger partial charge is 0.275 e. The van der Waals surface area contributed by atoms with E-state index in [0.717, 1.165) is 56.0 Å². The van der Waals surface area contributed by atoms with Gasteiger partial charge in [0.2, 0.25) is 0 Å². The molecule has 2 atom stereocenters. The van der Waals surface area contributed by atoms with E-state index < -0.39 is 0 Å². The van der Waals surface area contributed by atoms with Gasteiger partial charge < -0.3 is 27.6 Å². The molecule has 0 fully saturated rings. The molecule has 40 heavy (non-hydrogen) atoms. The molecule has 8 heteroatoms. The Bertz CT molecular complexity index is 1390. The second-order valence-electron chi connectivity index (χ2n) is 9.80. The Kier molecular flexibility index (Phi) is 9.79. The first-order valence-electron chi connectivity index (χ1n) is 12.9. The average molecular weight is 579 g/mol. The molecule has 4 aromatic carbocycles. The SMILES string of the molecule is COc1cc(C)cc(-c2cc(C)cc(OC)c2OPOc2cc(C)ccc2C)c1OPOc1cc(C)ccc1C. The molecule has 0 aromatic heterocycles. The largest absolute Gasteiger partial charge is 0.493 e. The summed E-state index contributed by atoms with van der Waals surface area (Å²) in [5, 5.41) is 0. The molecule has 2 unspecified atom stereocenters. The third-order valence-corrected chi connectivity index (χ3v) is 7.59. The van der Waals surface area contributed by atoms with Crippen molar-refractivity contribution in [2.45, 2.75) is 41.5 Å². The van der Waals surface area contributed by atoms with Gasteiger partial charge in [-0.15, -0.1) is 0 Å². The van der Waals surface area contributed by atoms with E-state index in [4.69, 9.17) is 27.6 Å². The van der Waals surface area contributed by atoms with Gasteiger partial charge in [0.05, 0.1) is 14.2 Å². The molecule has 210 valence electrons. The van der Waals surface area contributed by atoms with Crippen LogP contribution in [0.2, 0.25) is 0 Å². The van der Waals surface area contributed by atoms with Gasteiger partial charge in [-0.1, -0.05) is 24.3 Å². The molecule has 0 aliphatic rings. The summed E-state index contributed by atoms with van der Waals surface area (Å²) in [6.07, 6.45) is 0. The monoisotopic (exact) mass is 578 g/mol. The lowest BCUT2D eigenvalue weighted by Crippen LogP contribution is -1.98. The molecule has 0 spiro atoms. The first-order chi connectivity index (χ1) is 19.2. The van der Waals surface area contributed by atoms with E-state index in [-0.39, 0.29) is 18.1 Å². The summed E-state index contributed by atoms with van der Waals surface area (Å²) in [6.45, 7) is 12.1. The van der Waals surface area contributed by atoms with Crippen LogP contribution >= 0.6 is 18.1 Å². The molecule has 0 aliphatic carbocycles. The highest BCUT2D eigenvalue weighted by Gasteiger charge is 2.22. The summed E-state index contributed by atoms with van der Waals surface area (Å²) in [4.78, 5) is 0. The quantitative estimate of drug-likeness (QED) is 0.166. The van der Waals surface area contributed by atoms with E-state index in [1.807, 2.05) is 77.9 Å². The van der Waals surface area contributed by atoms with Crippen molar-refractivity contribution in [1.82, 2.24) is 0 Å². The molecular weight excluding hydrogens is 542 g/mol. The van der Waals surface area contributed by atoms with Gasteiger partial charge in [-0.25, -0.2) is 0 Å². The predicted molar refractivity (Wildman–Crippen MR) is 165 cm³/mol. The second kappa shape index (κ2) is 13.3. The van der Waals surface area contributed by atoms with Crippen molar-refractivity contribution < 1.29 is 27.6 Å². The molecule has 0 aliphatic heterocycles. The zero-order chi connectivity index (χ0) is 28.8. The Morgan fingerprint density at radius 1 is 0.425 bits per heavy atom. The van der Waals surface area contributed by atoms with Gasteiger partial charge in [0.15, 0.2) is 23.0 Å². The maximum atomic E-state index is 6.29. The van der Waals surface area contributed by atoms with Gasteiger partial charge in [-0.05, 0) is 111 Å². The Morgan fingerprint density at radius 3 is 1.18 bits per heavy atom. The van der Waals surface area contributed by atoms with Gasteiger partial charge >= 0.3 is 0 Å². The Hall–Kier alpha value is -3.46. The van der Waals surface area contributed by atoms with Crippen LogP contribution in [0, 0.1) is 41.5 Å². The first-order valence-corrected chi connectivity index (χ1v) is 14.5. The van der Waals surface area contributed by atoms with Crippen LogP contribution in [0.5, 0.6) is 34.5 Å². The fourth-order valence-electron chi connectivity index (χ4n) is 4.24. The molecule has 0 saturated carbocycles. The van der Waals surface area contributed by atoms with Crippen LogP contribution in [-0.4, -0.2) is 14.2 Å². The molecule has 4 aromatic rings. The van der Waals surface area contributed by atoms with Crippen molar-refractivity contribution in [3.8, 4) is 45.6 Å². The third-order valence-electron chi connectivity index (χ3n) is 6.41. The van der Waals surface area contributed by atoms with E-state index in [2.05, 4.69) is 24.3 Å². The van der Waals surface area contributed by atoms with Gasteiger partial charge in [0, 0.05) is 11.1 Å². The summed E-state index contributed by atoms with van der Waals surface area (Å²) < 4.78 is 36.2. The minimum atomic E-state index is -0.287. The Morgan fingerprint density at radius 2 is 0.800 bits per heavy atom. The summed E-state index contributed by atoms with van der Waals surface area (Å²) in [5.41, 5.74) is 7.97. The highest BCUT2D eigenvalue weighted by atomic mass is 31.1. The van der Waals surface area contributed by atoms with E-state index in [1.165, 1.54) is 0 Å². The maximum Gasteiger partial charge on any atom is 0.275 e. The number of hydrogen-bond acceptors (Lipinski definition) is 6.